The van der Waals surface area contributed by atoms with E-state index >= 15 is 4.39 Å². The molecule has 13 nitrogen and oxygen atoms in total. The summed E-state index contributed by atoms with van der Waals surface area (Å²) in [5.74, 6) is -0.645. The Morgan fingerprint density at radius 3 is 2.36 bits per heavy atom. The lowest BCUT2D eigenvalue weighted by Gasteiger charge is -2.34. The minimum Gasteiger partial charge on any atom is -0.497 e. The summed E-state index contributed by atoms with van der Waals surface area (Å²) in [7, 11) is 3.01. The Morgan fingerprint density at radius 1 is 0.920 bits per heavy atom. The number of methoxy groups -OCH3 is 2. The van der Waals surface area contributed by atoms with E-state index in [-0.39, 0.29) is 35.4 Å². The van der Waals surface area contributed by atoms with Gasteiger partial charge in [-0.05, 0) is 61.5 Å². The average molecular weight is 689 g/mol. The molecule has 5 rings (SSSR count). The van der Waals surface area contributed by atoms with Crippen LogP contribution in [0.15, 0.2) is 72.9 Å². The first kappa shape index (κ1) is 35.8. The second-order valence-electron chi connectivity index (χ2n) is 11.5. The molecule has 0 unspecified atom stereocenters. The highest BCUT2D eigenvalue weighted by molar-refractivity contribution is 5.94. The van der Waals surface area contributed by atoms with Crippen molar-refractivity contribution in [3.05, 3.63) is 89.9 Å². The number of ether oxygens (including phenoxy) is 4. The highest BCUT2D eigenvalue weighted by Crippen LogP contribution is 2.29. The molecule has 0 aliphatic carbocycles. The summed E-state index contributed by atoms with van der Waals surface area (Å²) in [6, 6.07) is 16.9. The van der Waals surface area contributed by atoms with Crippen LogP contribution in [-0.4, -0.2) is 97.0 Å². The molecule has 14 heteroatoms. The SMILES string of the molecule is CCCN1CCN(CCOc2ccc(Nc3nccc(N(Cc4cc(OC)ccc4OC)C(=O)Oc4ccccc4C(=O)O)n3)cc2F)CC1. The third-order valence-corrected chi connectivity index (χ3v) is 8.13. The number of rotatable bonds is 15. The zero-order valence-corrected chi connectivity index (χ0v) is 28.3. The number of hydrogen-bond acceptors (Lipinski definition) is 11. The van der Waals surface area contributed by atoms with E-state index in [4.69, 9.17) is 18.9 Å². The number of carbonyl (C=O) groups excluding carboxylic acids is 1. The molecule has 3 aromatic carbocycles. The van der Waals surface area contributed by atoms with Crippen LogP contribution in [0.5, 0.6) is 23.0 Å². The van der Waals surface area contributed by atoms with Gasteiger partial charge < -0.3 is 34.3 Å². The van der Waals surface area contributed by atoms with E-state index < -0.39 is 17.9 Å². The lowest BCUT2D eigenvalue weighted by Crippen LogP contribution is -2.47. The van der Waals surface area contributed by atoms with Gasteiger partial charge in [0.2, 0.25) is 5.95 Å². The molecule has 0 saturated carbocycles. The van der Waals surface area contributed by atoms with Crippen LogP contribution in [-0.2, 0) is 6.54 Å². The monoisotopic (exact) mass is 688 g/mol. The van der Waals surface area contributed by atoms with Crippen LogP contribution in [0.1, 0.15) is 29.3 Å². The number of carboxylic acid groups (broad SMARTS) is 1. The number of benzene rings is 3. The number of hydrogen-bond donors (Lipinski definition) is 2. The summed E-state index contributed by atoms with van der Waals surface area (Å²) in [4.78, 5) is 40.2. The van der Waals surface area contributed by atoms with E-state index in [1.165, 1.54) is 55.6 Å². The van der Waals surface area contributed by atoms with E-state index in [2.05, 4.69) is 32.0 Å². The van der Waals surface area contributed by atoms with Crippen molar-refractivity contribution in [2.75, 3.05) is 70.3 Å². The molecule has 0 bridgehead atoms. The highest BCUT2D eigenvalue weighted by atomic mass is 19.1. The van der Waals surface area contributed by atoms with Gasteiger partial charge in [-0.1, -0.05) is 19.1 Å². The summed E-state index contributed by atoms with van der Waals surface area (Å²) in [6.45, 7) is 8.25. The van der Waals surface area contributed by atoms with Crippen molar-refractivity contribution in [2.24, 2.45) is 0 Å². The van der Waals surface area contributed by atoms with Crippen LogP contribution in [0.25, 0.3) is 0 Å². The van der Waals surface area contributed by atoms with Crippen LogP contribution in [0.3, 0.4) is 0 Å². The van der Waals surface area contributed by atoms with Gasteiger partial charge in [0.05, 0.1) is 20.8 Å². The quantitative estimate of drug-likeness (QED) is 0.159. The Bertz CT molecular complexity index is 1770. The first-order valence-electron chi connectivity index (χ1n) is 16.3. The smallest absolute Gasteiger partial charge is 0.421 e. The number of nitrogens with one attached hydrogen (secondary N) is 1. The number of nitrogens with zero attached hydrogens (tertiary/aromatic N) is 5. The first-order chi connectivity index (χ1) is 24.3. The van der Waals surface area contributed by atoms with E-state index in [0.29, 0.717) is 35.9 Å². The number of halogens is 1. The summed E-state index contributed by atoms with van der Waals surface area (Å²) in [6.07, 6.45) is 1.65. The number of para-hydroxylation sites is 1. The van der Waals surface area contributed by atoms with Gasteiger partial charge in [-0.2, -0.15) is 4.98 Å². The largest absolute Gasteiger partial charge is 0.497 e. The van der Waals surface area contributed by atoms with Gasteiger partial charge in [-0.25, -0.2) is 19.0 Å². The number of carboxylic acids is 1. The fraction of sp³-hybridized carbons (Fsp3) is 0.333. The van der Waals surface area contributed by atoms with Gasteiger partial charge in [-0.3, -0.25) is 9.80 Å². The standard InChI is InChI=1S/C36H41FN6O7/c1-4-15-41-16-18-42(19-17-41)20-21-49-32-11-9-26(23-29(32)37)39-35-38-14-13-33(40-35)43(24-25-22-27(47-2)10-12-30(25)48-3)36(46)50-31-8-6-5-7-28(31)34(44)45/h5-14,22-23H,4,15-21,24H2,1-3H3,(H,44,45)(H,38,39,40). The molecule has 264 valence electrons. The lowest BCUT2D eigenvalue weighted by molar-refractivity contribution is 0.0694. The van der Waals surface area contributed by atoms with Gasteiger partial charge in [0.15, 0.2) is 11.6 Å². The normalized spacial score (nSPS) is 13.4. The predicted molar refractivity (Wildman–Crippen MR) is 186 cm³/mol. The summed E-state index contributed by atoms with van der Waals surface area (Å²) < 4.78 is 37.3. The Balaban J connectivity index is 1.31. The molecule has 0 atom stereocenters. The molecular formula is C36H41FN6O7. The average Bonchev–Trinajstić information content (AvgIpc) is 3.12. The van der Waals surface area contributed by atoms with Gasteiger partial charge >= 0.3 is 12.1 Å². The molecule has 4 aromatic rings. The first-order valence-corrected chi connectivity index (χ1v) is 16.3. The van der Waals surface area contributed by atoms with Crippen LogP contribution in [0.4, 0.5) is 26.6 Å². The molecule has 1 aliphatic heterocycles. The fourth-order valence-electron chi connectivity index (χ4n) is 5.52. The Morgan fingerprint density at radius 2 is 1.66 bits per heavy atom. The maximum Gasteiger partial charge on any atom is 0.421 e. The topological polar surface area (TPSA) is 139 Å². The lowest BCUT2D eigenvalue weighted by atomic mass is 10.1. The second kappa shape index (κ2) is 17.3. The fourth-order valence-corrected chi connectivity index (χ4v) is 5.52. The molecule has 50 heavy (non-hydrogen) atoms. The van der Waals surface area contributed by atoms with Gasteiger partial charge in [0, 0.05) is 56.2 Å². The van der Waals surface area contributed by atoms with Crippen LogP contribution >= 0.6 is 0 Å². The molecule has 1 saturated heterocycles. The zero-order chi connectivity index (χ0) is 35.5. The van der Waals surface area contributed by atoms with E-state index in [0.717, 1.165) is 39.1 Å². The van der Waals surface area contributed by atoms with Crippen molar-refractivity contribution < 1.29 is 38.0 Å². The van der Waals surface area contributed by atoms with Crippen molar-refractivity contribution in [2.45, 2.75) is 19.9 Å². The number of aromatic nitrogens is 2. The Labute approximate surface area is 290 Å². The number of amides is 1. The van der Waals surface area contributed by atoms with Gasteiger partial charge in [0.1, 0.15) is 35.2 Å². The summed E-state index contributed by atoms with van der Waals surface area (Å²) in [5, 5.41) is 12.6. The minimum atomic E-state index is -1.26. The highest BCUT2D eigenvalue weighted by Gasteiger charge is 2.25. The number of carbonyl (C=O) groups is 2. The summed E-state index contributed by atoms with van der Waals surface area (Å²) in [5.41, 5.74) is 0.724. The Hall–Kier alpha value is -5.47. The van der Waals surface area contributed by atoms with Crippen molar-refractivity contribution in [3.8, 4) is 23.0 Å². The van der Waals surface area contributed by atoms with Gasteiger partial charge in [-0.15, -0.1) is 0 Å². The molecule has 0 radical (unpaired) electrons. The second-order valence-corrected chi connectivity index (χ2v) is 11.5. The van der Waals surface area contributed by atoms with E-state index in [9.17, 15) is 14.7 Å². The third kappa shape index (κ3) is 9.36. The van der Waals surface area contributed by atoms with Gasteiger partial charge in [0.25, 0.3) is 0 Å². The molecule has 1 aliphatic rings. The number of piperazine rings is 1. The van der Waals surface area contributed by atoms with Crippen LogP contribution < -0.4 is 29.2 Å². The van der Waals surface area contributed by atoms with E-state index in [1.807, 2.05) is 0 Å². The van der Waals surface area contributed by atoms with Crippen molar-refractivity contribution in [1.82, 2.24) is 19.8 Å². The minimum absolute atomic E-state index is 0.0686. The maximum absolute atomic E-state index is 15.1. The van der Waals surface area contributed by atoms with Crippen LogP contribution in [0, 0.1) is 5.82 Å². The zero-order valence-electron chi connectivity index (χ0n) is 28.3. The summed E-state index contributed by atoms with van der Waals surface area (Å²) >= 11 is 0. The van der Waals surface area contributed by atoms with Crippen molar-refractivity contribution >= 4 is 29.5 Å². The Kier molecular flexibility index (Phi) is 12.4. The number of aromatic carboxylic acids is 1. The van der Waals surface area contributed by atoms with E-state index in [1.54, 1.807) is 36.4 Å². The molecule has 1 amide bonds. The van der Waals surface area contributed by atoms with Crippen LogP contribution in [0.2, 0.25) is 0 Å². The third-order valence-electron chi connectivity index (χ3n) is 8.13. The predicted octanol–water partition coefficient (Wildman–Crippen LogP) is 5.69. The molecule has 2 N–H and O–H groups in total. The molecule has 0 spiro atoms. The van der Waals surface area contributed by atoms with Crippen molar-refractivity contribution in [1.29, 1.82) is 0 Å². The number of anilines is 3. The molecule has 1 aromatic heterocycles. The molecule has 1 fully saturated rings. The molecular weight excluding hydrogens is 647 g/mol. The maximum atomic E-state index is 15.1. The van der Waals surface area contributed by atoms with Crippen molar-refractivity contribution in [3.63, 3.8) is 0 Å². The molecule has 2 heterocycles.